The smallest absolute Gasteiger partial charge is 0.259 e. The molecule has 0 fully saturated rings. The molecule has 1 aromatic rings. The first-order chi connectivity index (χ1) is 4.79. The maximum atomic E-state index is 8.63. The number of hydrogen-bond acceptors (Lipinski definition) is 4. The fraction of sp³-hybridized carbons (Fsp3) is 0.400. The number of aliphatic hydroxyl groups excluding tert-OH is 1. The first-order valence-electron chi connectivity index (χ1n) is 2.72. The number of rotatable bonds is 2. The Morgan fingerprint density at radius 1 is 1.80 bits per heavy atom. The average Bonchev–Trinajstić information content (AvgIpc) is 2.30. The van der Waals surface area contributed by atoms with Crippen molar-refractivity contribution in [2.24, 2.45) is 0 Å². The van der Waals surface area contributed by atoms with Crippen LogP contribution in [0.3, 0.4) is 0 Å². The summed E-state index contributed by atoms with van der Waals surface area (Å²) >= 11 is 0. The van der Waals surface area contributed by atoms with Crippen LogP contribution >= 0.6 is 9.47 Å². The van der Waals surface area contributed by atoms with Gasteiger partial charge in [0.2, 0.25) is 0 Å². The molecule has 0 aliphatic rings. The quantitative estimate of drug-likeness (QED) is 0.647. The monoisotopic (exact) mass is 161 g/mol. The van der Waals surface area contributed by atoms with E-state index in [1.165, 1.54) is 0 Å². The zero-order valence-corrected chi connectivity index (χ0v) is 6.65. The van der Waals surface area contributed by atoms with Crippen LogP contribution in [0.1, 0.15) is 11.3 Å². The van der Waals surface area contributed by atoms with Crippen molar-refractivity contribution >= 4 is 9.47 Å². The molecule has 1 atom stereocenters. The second-order valence-corrected chi connectivity index (χ2v) is 2.05. The number of aromatic nitrogens is 1. The van der Waals surface area contributed by atoms with Crippen LogP contribution in [0.25, 0.3) is 0 Å². The molecule has 0 aromatic carbocycles. The molecule has 56 valence electrons. The van der Waals surface area contributed by atoms with E-state index in [0.29, 0.717) is 11.6 Å². The summed E-state index contributed by atoms with van der Waals surface area (Å²) in [6.45, 7) is 1.62. The summed E-state index contributed by atoms with van der Waals surface area (Å²) in [5, 5.41) is 12.2. The van der Waals surface area contributed by atoms with Gasteiger partial charge in [-0.1, -0.05) is 0 Å². The molecule has 0 aliphatic carbocycles. The first-order valence-corrected chi connectivity index (χ1v) is 3.19. The molecule has 0 saturated heterocycles. The summed E-state index contributed by atoms with van der Waals surface area (Å²) in [7, 11) is 2.06. The van der Waals surface area contributed by atoms with Gasteiger partial charge in [-0.05, 0) is 12.1 Å². The van der Waals surface area contributed by atoms with Gasteiger partial charge in [0.1, 0.15) is 6.61 Å². The van der Waals surface area contributed by atoms with Gasteiger partial charge in [-0.25, -0.2) is 0 Å². The zero-order valence-electron chi connectivity index (χ0n) is 5.50. The van der Waals surface area contributed by atoms with Crippen LogP contribution in [-0.2, 0) is 6.61 Å². The third kappa shape index (κ3) is 1.13. The van der Waals surface area contributed by atoms with E-state index in [4.69, 9.17) is 14.2 Å². The lowest BCUT2D eigenvalue weighted by molar-refractivity contribution is 0.227. The molecule has 1 heterocycles. The molecule has 5 heteroatoms. The highest BCUT2D eigenvalue weighted by Gasteiger charge is 2.09. The largest absolute Gasteiger partial charge is 0.461 e. The fourth-order valence-electron chi connectivity index (χ4n) is 0.610. The minimum atomic E-state index is -0.146. The van der Waals surface area contributed by atoms with Crippen molar-refractivity contribution in [3.8, 4) is 5.88 Å². The van der Waals surface area contributed by atoms with E-state index >= 15 is 0 Å². The van der Waals surface area contributed by atoms with Gasteiger partial charge in [0.15, 0.2) is 5.76 Å². The van der Waals surface area contributed by atoms with Gasteiger partial charge in [-0.3, -0.25) is 0 Å². The fourth-order valence-corrected chi connectivity index (χ4v) is 0.830. The van der Waals surface area contributed by atoms with Crippen LogP contribution in [0.15, 0.2) is 4.52 Å². The number of hydrogen-bond donors (Lipinski definition) is 1. The van der Waals surface area contributed by atoms with Crippen molar-refractivity contribution in [1.29, 1.82) is 0 Å². The summed E-state index contributed by atoms with van der Waals surface area (Å²) in [6.07, 6.45) is 0. The average molecular weight is 161 g/mol. The van der Waals surface area contributed by atoms with Crippen LogP contribution in [0.2, 0.25) is 0 Å². The number of aliphatic hydroxyl groups is 1. The lowest BCUT2D eigenvalue weighted by Gasteiger charge is -1.90. The predicted octanol–water partition coefficient (Wildman–Crippen LogP) is 0.644. The molecule has 0 bridgehead atoms. The Hall–Kier alpha value is -0.600. The van der Waals surface area contributed by atoms with Crippen LogP contribution in [0.5, 0.6) is 5.88 Å². The van der Waals surface area contributed by atoms with Gasteiger partial charge in [-0.2, -0.15) is 0 Å². The highest BCUT2D eigenvalue weighted by atomic mass is 31.0. The van der Waals surface area contributed by atoms with E-state index < -0.39 is 0 Å². The lowest BCUT2D eigenvalue weighted by Crippen LogP contribution is -1.82. The van der Waals surface area contributed by atoms with Crippen molar-refractivity contribution < 1.29 is 14.2 Å². The molecule has 4 nitrogen and oxygen atoms in total. The van der Waals surface area contributed by atoms with Crippen LogP contribution in [0.4, 0.5) is 0 Å². The summed E-state index contributed by atoms with van der Waals surface area (Å²) in [5.41, 5.74) is 0.734. The first kappa shape index (κ1) is 7.51. The highest BCUT2D eigenvalue weighted by molar-refractivity contribution is 7.10. The van der Waals surface area contributed by atoms with Crippen LogP contribution in [-0.4, -0.2) is 10.3 Å². The van der Waals surface area contributed by atoms with Gasteiger partial charge in [0.25, 0.3) is 5.88 Å². The summed E-state index contributed by atoms with van der Waals surface area (Å²) in [5.74, 6) is 0.839. The molecule has 1 N–H and O–H groups in total. The molecular formula is C5H8NO3P. The molecule has 1 unspecified atom stereocenters. The third-order valence-electron chi connectivity index (χ3n) is 1.23. The third-order valence-corrected chi connectivity index (χ3v) is 1.46. The molecule has 0 amide bonds. The van der Waals surface area contributed by atoms with Gasteiger partial charge in [0.05, 0.1) is 15.0 Å². The molecule has 0 aliphatic heterocycles. The normalized spacial score (nSPS) is 9.90. The van der Waals surface area contributed by atoms with E-state index in [2.05, 4.69) is 14.6 Å². The Bertz CT molecular complexity index is 201. The maximum Gasteiger partial charge on any atom is 0.259 e. The second kappa shape index (κ2) is 2.99. The van der Waals surface area contributed by atoms with E-state index in [-0.39, 0.29) is 6.61 Å². The van der Waals surface area contributed by atoms with Gasteiger partial charge < -0.3 is 14.2 Å². The number of nitrogens with zero attached hydrogens (tertiary/aromatic N) is 1. The SMILES string of the molecule is Cc1c(OP)noc1CO. The highest BCUT2D eigenvalue weighted by Crippen LogP contribution is 2.21. The molecule has 1 aromatic heterocycles. The van der Waals surface area contributed by atoms with Crippen molar-refractivity contribution in [3.05, 3.63) is 11.3 Å². The minimum absolute atomic E-state index is 0.146. The Kier molecular flexibility index (Phi) is 2.25. The second-order valence-electron chi connectivity index (χ2n) is 1.81. The summed E-state index contributed by atoms with van der Waals surface area (Å²) < 4.78 is 9.43. The van der Waals surface area contributed by atoms with Crippen molar-refractivity contribution in [3.63, 3.8) is 0 Å². The summed E-state index contributed by atoms with van der Waals surface area (Å²) in [6, 6.07) is 0. The predicted molar refractivity (Wildman–Crippen MR) is 37.5 cm³/mol. The van der Waals surface area contributed by atoms with Crippen molar-refractivity contribution in [2.45, 2.75) is 13.5 Å². The zero-order chi connectivity index (χ0) is 7.56. The van der Waals surface area contributed by atoms with Gasteiger partial charge in [0, 0.05) is 0 Å². The van der Waals surface area contributed by atoms with Crippen LogP contribution < -0.4 is 4.52 Å². The van der Waals surface area contributed by atoms with E-state index in [9.17, 15) is 0 Å². The molecule has 10 heavy (non-hydrogen) atoms. The Morgan fingerprint density at radius 3 is 2.80 bits per heavy atom. The van der Waals surface area contributed by atoms with Gasteiger partial charge >= 0.3 is 0 Å². The lowest BCUT2D eigenvalue weighted by atomic mass is 10.3. The molecular weight excluding hydrogens is 153 g/mol. The molecule has 0 radical (unpaired) electrons. The Balaban J connectivity index is 2.97. The standard InChI is InChI=1S/C5H8NO3P/c1-3-4(2-7)8-6-5(3)9-10/h7H,2,10H2,1H3. The van der Waals surface area contributed by atoms with E-state index in [1.54, 1.807) is 6.92 Å². The molecule has 0 spiro atoms. The van der Waals surface area contributed by atoms with Gasteiger partial charge in [-0.15, -0.1) is 0 Å². The van der Waals surface area contributed by atoms with Crippen molar-refractivity contribution in [1.82, 2.24) is 5.16 Å². The summed E-state index contributed by atoms with van der Waals surface area (Å²) in [4.78, 5) is 0. The van der Waals surface area contributed by atoms with E-state index in [0.717, 1.165) is 5.56 Å². The Morgan fingerprint density at radius 2 is 2.50 bits per heavy atom. The molecule has 1 rings (SSSR count). The van der Waals surface area contributed by atoms with Crippen molar-refractivity contribution in [2.75, 3.05) is 0 Å². The topological polar surface area (TPSA) is 55.5 Å². The van der Waals surface area contributed by atoms with Crippen LogP contribution in [0, 0.1) is 6.92 Å². The maximum absolute atomic E-state index is 8.63. The minimum Gasteiger partial charge on any atom is -0.461 e. The Labute approximate surface area is 60.5 Å². The molecule has 0 saturated carbocycles. The van der Waals surface area contributed by atoms with E-state index in [1.807, 2.05) is 0 Å².